The highest BCUT2D eigenvalue weighted by Crippen LogP contribution is 2.43. The van der Waals surface area contributed by atoms with Gasteiger partial charge in [0.2, 0.25) is 5.91 Å². The molecule has 1 saturated carbocycles. The second-order valence-corrected chi connectivity index (χ2v) is 6.36. The van der Waals surface area contributed by atoms with Crippen LogP contribution in [0.4, 0.5) is 10.1 Å². The van der Waals surface area contributed by atoms with Crippen LogP contribution in [0.2, 0.25) is 0 Å². The van der Waals surface area contributed by atoms with Gasteiger partial charge in [-0.1, -0.05) is 31.0 Å². The van der Waals surface area contributed by atoms with Crippen molar-refractivity contribution < 1.29 is 14.0 Å². The zero-order valence-corrected chi connectivity index (χ0v) is 13.6. The Kier molecular flexibility index (Phi) is 4.47. The predicted octanol–water partition coefficient (Wildman–Crippen LogP) is 4.48. The van der Waals surface area contributed by atoms with Crippen LogP contribution in [0, 0.1) is 5.82 Å². The topological polar surface area (TPSA) is 46.2 Å². The van der Waals surface area contributed by atoms with Gasteiger partial charge in [-0.05, 0) is 50.1 Å². The van der Waals surface area contributed by atoms with Gasteiger partial charge in [0.25, 0.3) is 0 Å². The third-order valence-electron chi connectivity index (χ3n) is 4.83. The normalized spacial score (nSPS) is 15.9. The standard InChI is InChI=1S/C20H20FNO2/c1-14(23)15-8-10-16(11-9-15)22-19(24)20(12-4-5-13-20)17-6-2-3-7-18(17)21/h2-3,6-11H,4-5,12-13H2,1H3,(H,22,24). The van der Waals surface area contributed by atoms with E-state index in [0.717, 1.165) is 12.8 Å². The number of rotatable bonds is 4. The molecule has 4 heteroatoms. The molecule has 3 nitrogen and oxygen atoms in total. The van der Waals surface area contributed by atoms with E-state index in [-0.39, 0.29) is 17.5 Å². The Balaban J connectivity index is 1.88. The Morgan fingerprint density at radius 2 is 1.62 bits per heavy atom. The number of anilines is 1. The van der Waals surface area contributed by atoms with E-state index < -0.39 is 5.41 Å². The van der Waals surface area contributed by atoms with Crippen molar-refractivity contribution >= 4 is 17.4 Å². The quantitative estimate of drug-likeness (QED) is 0.843. The van der Waals surface area contributed by atoms with E-state index in [2.05, 4.69) is 5.32 Å². The summed E-state index contributed by atoms with van der Waals surface area (Å²) in [4.78, 5) is 24.3. The molecule has 0 radical (unpaired) electrons. The molecular weight excluding hydrogens is 305 g/mol. The van der Waals surface area contributed by atoms with Crippen LogP contribution in [0.15, 0.2) is 48.5 Å². The Hall–Kier alpha value is -2.49. The van der Waals surface area contributed by atoms with Crippen LogP contribution in [-0.2, 0) is 10.2 Å². The molecule has 0 bridgehead atoms. The fraction of sp³-hybridized carbons (Fsp3) is 0.300. The molecule has 24 heavy (non-hydrogen) atoms. The first-order chi connectivity index (χ1) is 11.5. The molecule has 3 rings (SSSR count). The molecule has 1 aliphatic rings. The van der Waals surface area contributed by atoms with Crippen LogP contribution < -0.4 is 5.32 Å². The number of carbonyl (C=O) groups is 2. The highest BCUT2D eigenvalue weighted by Gasteiger charge is 2.44. The second kappa shape index (κ2) is 6.56. The number of benzene rings is 2. The van der Waals surface area contributed by atoms with Gasteiger partial charge in [0, 0.05) is 16.8 Å². The van der Waals surface area contributed by atoms with Gasteiger partial charge in [-0.25, -0.2) is 4.39 Å². The Morgan fingerprint density at radius 3 is 2.21 bits per heavy atom. The van der Waals surface area contributed by atoms with E-state index in [9.17, 15) is 14.0 Å². The van der Waals surface area contributed by atoms with E-state index >= 15 is 0 Å². The van der Waals surface area contributed by atoms with E-state index in [1.54, 1.807) is 42.5 Å². The van der Waals surface area contributed by atoms with Crippen molar-refractivity contribution in [3.05, 3.63) is 65.5 Å². The van der Waals surface area contributed by atoms with Crippen molar-refractivity contribution in [2.75, 3.05) is 5.32 Å². The first-order valence-corrected chi connectivity index (χ1v) is 8.20. The fourth-order valence-corrected chi connectivity index (χ4v) is 3.49. The van der Waals surface area contributed by atoms with Crippen LogP contribution in [0.3, 0.4) is 0 Å². The molecule has 0 atom stereocenters. The largest absolute Gasteiger partial charge is 0.325 e. The SMILES string of the molecule is CC(=O)c1ccc(NC(=O)C2(c3ccccc3F)CCCC2)cc1. The van der Waals surface area contributed by atoms with Crippen molar-refractivity contribution in [2.24, 2.45) is 0 Å². The molecule has 0 unspecified atom stereocenters. The fourth-order valence-electron chi connectivity index (χ4n) is 3.49. The van der Waals surface area contributed by atoms with Gasteiger partial charge in [0.1, 0.15) is 5.82 Å². The molecular formula is C20H20FNO2. The number of carbonyl (C=O) groups excluding carboxylic acids is 2. The molecule has 0 saturated heterocycles. The smallest absolute Gasteiger partial charge is 0.235 e. The first-order valence-electron chi connectivity index (χ1n) is 8.20. The van der Waals surface area contributed by atoms with Gasteiger partial charge in [0.15, 0.2) is 5.78 Å². The molecule has 0 heterocycles. The van der Waals surface area contributed by atoms with Crippen LogP contribution >= 0.6 is 0 Å². The number of hydrogen-bond acceptors (Lipinski definition) is 2. The van der Waals surface area contributed by atoms with Crippen molar-refractivity contribution in [1.82, 2.24) is 0 Å². The second-order valence-electron chi connectivity index (χ2n) is 6.36. The lowest BCUT2D eigenvalue weighted by atomic mass is 9.77. The average molecular weight is 325 g/mol. The summed E-state index contributed by atoms with van der Waals surface area (Å²) in [7, 11) is 0. The van der Waals surface area contributed by atoms with Crippen LogP contribution in [0.25, 0.3) is 0 Å². The maximum absolute atomic E-state index is 14.3. The number of ketones is 1. The third-order valence-corrected chi connectivity index (χ3v) is 4.83. The summed E-state index contributed by atoms with van der Waals surface area (Å²) in [6, 6.07) is 13.3. The summed E-state index contributed by atoms with van der Waals surface area (Å²) in [5.41, 5.74) is 0.871. The third kappa shape index (κ3) is 2.96. The number of amides is 1. The molecule has 1 N–H and O–H groups in total. The van der Waals surface area contributed by atoms with E-state index in [0.29, 0.717) is 29.7 Å². The summed E-state index contributed by atoms with van der Waals surface area (Å²) in [6.45, 7) is 1.50. The van der Waals surface area contributed by atoms with Gasteiger partial charge in [-0.3, -0.25) is 9.59 Å². The minimum Gasteiger partial charge on any atom is -0.325 e. The summed E-state index contributed by atoms with van der Waals surface area (Å²) in [5.74, 6) is -0.534. The Morgan fingerprint density at radius 1 is 1.00 bits per heavy atom. The van der Waals surface area contributed by atoms with E-state index in [4.69, 9.17) is 0 Å². The van der Waals surface area contributed by atoms with E-state index in [1.165, 1.54) is 13.0 Å². The van der Waals surface area contributed by atoms with Gasteiger partial charge in [-0.15, -0.1) is 0 Å². The lowest BCUT2D eigenvalue weighted by molar-refractivity contribution is -0.121. The highest BCUT2D eigenvalue weighted by atomic mass is 19.1. The maximum Gasteiger partial charge on any atom is 0.235 e. The lowest BCUT2D eigenvalue weighted by Gasteiger charge is -2.28. The molecule has 124 valence electrons. The van der Waals surface area contributed by atoms with Gasteiger partial charge in [0.05, 0.1) is 5.41 Å². The highest BCUT2D eigenvalue weighted by molar-refractivity contribution is 6.00. The minimum absolute atomic E-state index is 0.0218. The molecule has 0 aromatic heterocycles. The summed E-state index contributed by atoms with van der Waals surface area (Å²) < 4.78 is 14.3. The molecule has 0 spiro atoms. The molecule has 0 aliphatic heterocycles. The monoisotopic (exact) mass is 325 g/mol. The Bertz CT molecular complexity index is 761. The summed E-state index contributed by atoms with van der Waals surface area (Å²) in [5, 5.41) is 2.90. The Labute approximate surface area is 140 Å². The molecule has 1 amide bonds. The van der Waals surface area contributed by atoms with Gasteiger partial charge in [-0.2, -0.15) is 0 Å². The van der Waals surface area contributed by atoms with Crippen molar-refractivity contribution in [3.63, 3.8) is 0 Å². The lowest BCUT2D eigenvalue weighted by Crippen LogP contribution is -2.38. The van der Waals surface area contributed by atoms with Crippen molar-refractivity contribution in [2.45, 2.75) is 38.0 Å². The maximum atomic E-state index is 14.3. The van der Waals surface area contributed by atoms with Gasteiger partial charge < -0.3 is 5.32 Å². The van der Waals surface area contributed by atoms with Gasteiger partial charge >= 0.3 is 0 Å². The summed E-state index contributed by atoms with van der Waals surface area (Å²) >= 11 is 0. The number of Topliss-reactive ketones (excluding diaryl/α,β-unsaturated/α-hetero) is 1. The molecule has 2 aromatic carbocycles. The van der Waals surface area contributed by atoms with Crippen LogP contribution in [0.5, 0.6) is 0 Å². The zero-order chi connectivity index (χ0) is 17.2. The minimum atomic E-state index is -0.815. The zero-order valence-electron chi connectivity index (χ0n) is 13.6. The van der Waals surface area contributed by atoms with Crippen LogP contribution in [-0.4, -0.2) is 11.7 Å². The summed E-state index contributed by atoms with van der Waals surface area (Å²) in [6.07, 6.45) is 3.10. The number of halogens is 1. The average Bonchev–Trinajstić information content (AvgIpc) is 3.06. The van der Waals surface area contributed by atoms with Crippen molar-refractivity contribution in [1.29, 1.82) is 0 Å². The molecule has 1 fully saturated rings. The van der Waals surface area contributed by atoms with E-state index in [1.807, 2.05) is 0 Å². The predicted molar refractivity (Wildman–Crippen MR) is 91.6 cm³/mol. The molecule has 2 aromatic rings. The van der Waals surface area contributed by atoms with Crippen molar-refractivity contribution in [3.8, 4) is 0 Å². The number of nitrogens with one attached hydrogen (secondary N) is 1. The van der Waals surface area contributed by atoms with Crippen LogP contribution in [0.1, 0.15) is 48.5 Å². The molecule has 1 aliphatic carbocycles. The number of hydrogen-bond donors (Lipinski definition) is 1. The first kappa shape index (κ1) is 16.4.